The van der Waals surface area contributed by atoms with E-state index in [1.165, 1.54) is 18.2 Å². The van der Waals surface area contributed by atoms with E-state index in [-0.39, 0.29) is 41.5 Å². The number of phenols is 3. The number of ketones is 2. The molecule has 44 heavy (non-hydrogen) atoms. The Balaban J connectivity index is 1.47. The Morgan fingerprint density at radius 3 is 2.43 bits per heavy atom. The SMILES string of the molecule is C/C(=N\N1CCN(C)CC1)C1(O)Cc2c(O)c3c(c(O)c2C(OC2CC(N)C(O)C(C)O2)C1)C(=O)c1c(O)cccc1C3=O. The lowest BCUT2D eigenvalue weighted by Gasteiger charge is -2.43. The summed E-state index contributed by atoms with van der Waals surface area (Å²) in [6.45, 7) is 6.20. The molecule has 13 nitrogen and oxygen atoms in total. The quantitative estimate of drug-likeness (QED) is 0.179. The van der Waals surface area contributed by atoms with E-state index in [1.807, 2.05) is 12.1 Å². The third-order valence-corrected chi connectivity index (χ3v) is 9.38. The van der Waals surface area contributed by atoms with E-state index in [0.717, 1.165) is 13.1 Å². The fraction of sp³-hybridized carbons (Fsp3) is 0.516. The highest BCUT2D eigenvalue weighted by atomic mass is 16.7. The van der Waals surface area contributed by atoms with Gasteiger partial charge in [0.25, 0.3) is 0 Å². The van der Waals surface area contributed by atoms with Gasteiger partial charge in [-0.2, -0.15) is 5.10 Å². The summed E-state index contributed by atoms with van der Waals surface area (Å²) in [4.78, 5) is 29.5. The Morgan fingerprint density at radius 1 is 1.07 bits per heavy atom. The van der Waals surface area contributed by atoms with Crippen molar-refractivity contribution < 1.29 is 44.6 Å². The number of benzene rings is 2. The van der Waals surface area contributed by atoms with Gasteiger partial charge in [0.15, 0.2) is 12.1 Å². The molecular weight excluding hydrogens is 572 g/mol. The summed E-state index contributed by atoms with van der Waals surface area (Å²) in [6.07, 6.45) is -3.97. The number of ether oxygens (including phenoxy) is 2. The number of aliphatic hydroxyl groups excluding tert-OH is 1. The lowest BCUT2D eigenvalue weighted by Crippen LogP contribution is -2.52. The molecule has 236 valence electrons. The second-order valence-corrected chi connectivity index (χ2v) is 12.3. The Kier molecular flexibility index (Phi) is 7.67. The summed E-state index contributed by atoms with van der Waals surface area (Å²) in [5.74, 6) is -3.17. The van der Waals surface area contributed by atoms with E-state index in [4.69, 9.17) is 20.3 Å². The normalized spacial score (nSPS) is 31.0. The monoisotopic (exact) mass is 610 g/mol. The van der Waals surface area contributed by atoms with Crippen LogP contribution in [0.4, 0.5) is 0 Å². The van der Waals surface area contributed by atoms with Crippen molar-refractivity contribution in [2.75, 3.05) is 33.2 Å². The van der Waals surface area contributed by atoms with Crippen molar-refractivity contribution >= 4 is 17.3 Å². The molecule has 2 aromatic rings. The lowest BCUT2D eigenvalue weighted by molar-refractivity contribution is -0.245. The first kappa shape index (κ1) is 30.4. The minimum atomic E-state index is -1.68. The molecule has 6 unspecified atom stereocenters. The highest BCUT2D eigenvalue weighted by Crippen LogP contribution is 2.52. The van der Waals surface area contributed by atoms with Gasteiger partial charge in [0.2, 0.25) is 5.78 Å². The number of fused-ring (bicyclic) bond motifs is 3. The van der Waals surface area contributed by atoms with Gasteiger partial charge in [0, 0.05) is 68.2 Å². The average Bonchev–Trinajstić information content (AvgIpc) is 2.97. The van der Waals surface area contributed by atoms with E-state index in [1.54, 1.807) is 13.8 Å². The van der Waals surface area contributed by atoms with Gasteiger partial charge >= 0.3 is 0 Å². The predicted molar refractivity (Wildman–Crippen MR) is 157 cm³/mol. The number of rotatable bonds is 4. The highest BCUT2D eigenvalue weighted by molar-refractivity contribution is 6.31. The van der Waals surface area contributed by atoms with Crippen LogP contribution in [0, 0.1) is 0 Å². The first-order valence-electron chi connectivity index (χ1n) is 14.8. The predicted octanol–water partition coefficient (Wildman–Crippen LogP) is 0.760. The molecule has 4 aliphatic rings. The molecule has 7 N–H and O–H groups in total. The van der Waals surface area contributed by atoms with Gasteiger partial charge in [0.1, 0.15) is 22.8 Å². The number of piperazine rings is 1. The molecule has 0 radical (unpaired) electrons. The Bertz CT molecular complexity index is 1540. The van der Waals surface area contributed by atoms with Crippen molar-refractivity contribution in [2.45, 2.75) is 69.4 Å². The third-order valence-electron chi connectivity index (χ3n) is 9.38. The molecule has 2 aliphatic heterocycles. The maximum absolute atomic E-state index is 13.7. The maximum Gasteiger partial charge on any atom is 0.202 e. The van der Waals surface area contributed by atoms with Crippen molar-refractivity contribution in [3.05, 3.63) is 51.6 Å². The average molecular weight is 611 g/mol. The molecule has 6 atom stereocenters. The van der Waals surface area contributed by atoms with Crippen molar-refractivity contribution in [1.82, 2.24) is 9.91 Å². The zero-order valence-electron chi connectivity index (χ0n) is 24.9. The summed E-state index contributed by atoms with van der Waals surface area (Å²) in [7, 11) is 2.02. The van der Waals surface area contributed by atoms with Crippen molar-refractivity contribution in [3.63, 3.8) is 0 Å². The number of phenolic OH excluding ortho intramolecular Hbond substituents is 3. The second-order valence-electron chi connectivity index (χ2n) is 12.3. The maximum atomic E-state index is 13.7. The minimum Gasteiger partial charge on any atom is -0.507 e. The van der Waals surface area contributed by atoms with E-state index in [2.05, 4.69) is 4.90 Å². The summed E-state index contributed by atoms with van der Waals surface area (Å²) in [5.41, 5.74) is 3.61. The lowest BCUT2D eigenvalue weighted by atomic mass is 9.72. The minimum absolute atomic E-state index is 0.0225. The molecule has 6 rings (SSSR count). The van der Waals surface area contributed by atoms with Gasteiger partial charge in [-0.1, -0.05) is 12.1 Å². The number of carbonyl (C=O) groups excluding carboxylic acids is 2. The molecule has 2 aliphatic carbocycles. The first-order chi connectivity index (χ1) is 20.8. The topological polar surface area (TPSA) is 199 Å². The molecular formula is C31H38N4O9. The summed E-state index contributed by atoms with van der Waals surface area (Å²) in [5, 5.41) is 62.7. The first-order valence-corrected chi connectivity index (χ1v) is 14.8. The highest BCUT2D eigenvalue weighted by Gasteiger charge is 2.49. The molecule has 0 saturated carbocycles. The molecule has 0 amide bonds. The number of aliphatic hydroxyl groups is 2. The van der Waals surface area contributed by atoms with Gasteiger partial charge in [0.05, 0.1) is 40.7 Å². The molecule has 13 heteroatoms. The number of aromatic hydroxyl groups is 3. The van der Waals surface area contributed by atoms with Crippen molar-refractivity contribution in [1.29, 1.82) is 0 Å². The van der Waals surface area contributed by atoms with E-state index >= 15 is 0 Å². The molecule has 2 heterocycles. The molecule has 2 aromatic carbocycles. The van der Waals surface area contributed by atoms with Crippen LogP contribution in [0.5, 0.6) is 17.2 Å². The van der Waals surface area contributed by atoms with Crippen LogP contribution < -0.4 is 5.73 Å². The summed E-state index contributed by atoms with van der Waals surface area (Å²) in [6, 6.07) is 3.36. The van der Waals surface area contributed by atoms with Crippen LogP contribution in [0.1, 0.15) is 75.8 Å². The summed E-state index contributed by atoms with van der Waals surface area (Å²) < 4.78 is 12.2. The van der Waals surface area contributed by atoms with Crippen LogP contribution in [0.15, 0.2) is 23.3 Å². The fourth-order valence-electron chi connectivity index (χ4n) is 6.71. The number of hydrogen-bond acceptors (Lipinski definition) is 13. The largest absolute Gasteiger partial charge is 0.507 e. The van der Waals surface area contributed by atoms with Crippen LogP contribution in [-0.4, -0.2) is 116 Å². The Labute approximate surface area is 254 Å². The Hall–Kier alpha value is -3.59. The Morgan fingerprint density at radius 2 is 1.75 bits per heavy atom. The van der Waals surface area contributed by atoms with Gasteiger partial charge in [-0.25, -0.2) is 0 Å². The van der Waals surface area contributed by atoms with Crippen molar-refractivity contribution in [2.24, 2.45) is 10.8 Å². The molecule has 0 spiro atoms. The van der Waals surface area contributed by atoms with Crippen LogP contribution in [0.3, 0.4) is 0 Å². The fourth-order valence-corrected chi connectivity index (χ4v) is 6.71. The van der Waals surface area contributed by atoms with Crippen LogP contribution in [-0.2, 0) is 15.9 Å². The van der Waals surface area contributed by atoms with E-state index in [9.17, 15) is 35.1 Å². The smallest absolute Gasteiger partial charge is 0.202 e. The number of hydrogen-bond donors (Lipinski definition) is 6. The number of nitrogens with two attached hydrogens (primary N) is 1. The third kappa shape index (κ3) is 4.93. The zero-order chi connectivity index (χ0) is 31.7. The van der Waals surface area contributed by atoms with Crippen LogP contribution >= 0.6 is 0 Å². The number of nitrogens with zero attached hydrogens (tertiary/aromatic N) is 3. The van der Waals surface area contributed by atoms with Crippen LogP contribution in [0.25, 0.3) is 0 Å². The van der Waals surface area contributed by atoms with E-state index in [0.29, 0.717) is 18.8 Å². The number of likely N-dealkylation sites (N-methyl/N-ethyl adjacent to an activating group) is 1. The zero-order valence-corrected chi connectivity index (χ0v) is 24.9. The number of carbonyl (C=O) groups is 2. The van der Waals surface area contributed by atoms with Gasteiger partial charge in [-0.05, 0) is 27.0 Å². The summed E-state index contributed by atoms with van der Waals surface area (Å²) >= 11 is 0. The number of hydrazone groups is 1. The van der Waals surface area contributed by atoms with Crippen molar-refractivity contribution in [3.8, 4) is 17.2 Å². The van der Waals surface area contributed by atoms with Crippen LogP contribution in [0.2, 0.25) is 0 Å². The molecule has 2 saturated heterocycles. The molecule has 0 aromatic heterocycles. The molecule has 0 bridgehead atoms. The standard InChI is InChI=1S/C31H38N4O9/c1-14-26(37)18(32)11-21(43-14)44-20-13-31(42,15(2)33-35-9-7-34(3)8-10-35)12-17-23(20)30(41)25-24(28(17)39)27(38)16-5-4-6-19(36)22(16)29(25)40/h4-6,14,18,20-21,26,36-37,39,41-42H,7-13,32H2,1-3H3/b33-15+. The van der Waals surface area contributed by atoms with Gasteiger partial charge in [-0.3, -0.25) is 14.6 Å². The second kappa shape index (κ2) is 11.1. The van der Waals surface area contributed by atoms with E-state index < -0.39 is 76.2 Å². The van der Waals surface area contributed by atoms with Gasteiger partial charge in [-0.15, -0.1) is 0 Å². The van der Waals surface area contributed by atoms with Gasteiger partial charge < -0.3 is 45.6 Å². The molecule has 2 fully saturated rings.